The Bertz CT molecular complexity index is 1540. The van der Waals surface area contributed by atoms with Crippen molar-refractivity contribution in [1.29, 1.82) is 0 Å². The first kappa shape index (κ1) is 27.3. The van der Waals surface area contributed by atoms with Gasteiger partial charge in [0.2, 0.25) is 11.9 Å². The van der Waals surface area contributed by atoms with E-state index in [1.54, 1.807) is 41.9 Å². The summed E-state index contributed by atoms with van der Waals surface area (Å²) in [6.07, 6.45) is -1.34. The number of nitrogens with one attached hydrogen (secondary N) is 2. The molecule has 0 aliphatic carbocycles. The molecule has 1 amide bonds. The van der Waals surface area contributed by atoms with Crippen LogP contribution in [0.3, 0.4) is 0 Å². The highest BCUT2D eigenvalue weighted by Gasteiger charge is 2.31. The van der Waals surface area contributed by atoms with E-state index in [4.69, 9.17) is 4.74 Å². The van der Waals surface area contributed by atoms with Crippen LogP contribution in [0.4, 0.5) is 35.0 Å². The lowest BCUT2D eigenvalue weighted by atomic mass is 10.2. The molecule has 0 radical (unpaired) electrons. The molecule has 1 aliphatic heterocycles. The number of likely N-dealkylation sites (tertiary alicyclic amines) is 1. The van der Waals surface area contributed by atoms with Gasteiger partial charge in [0.1, 0.15) is 23.1 Å². The van der Waals surface area contributed by atoms with E-state index in [1.165, 1.54) is 6.20 Å². The molecule has 1 atom stereocenters. The number of halogens is 4. The minimum atomic E-state index is -4.62. The van der Waals surface area contributed by atoms with Crippen molar-refractivity contribution in [2.24, 2.45) is 7.05 Å². The molecular formula is C27H26F4N6O3. The number of amides is 1. The molecule has 5 rings (SSSR count). The van der Waals surface area contributed by atoms with Crippen molar-refractivity contribution in [3.8, 4) is 11.5 Å². The first-order valence-electron chi connectivity index (χ1n) is 12.5. The second-order valence-corrected chi connectivity index (χ2v) is 9.44. The maximum absolute atomic E-state index is 14.3. The Kier molecular flexibility index (Phi) is 7.59. The fourth-order valence-corrected chi connectivity index (χ4v) is 4.63. The van der Waals surface area contributed by atoms with Gasteiger partial charge in [0, 0.05) is 31.4 Å². The molecule has 3 heterocycles. The topological polar surface area (TPSA) is 105 Å². The summed E-state index contributed by atoms with van der Waals surface area (Å²) < 4.78 is 61.0. The van der Waals surface area contributed by atoms with Gasteiger partial charge in [0.25, 0.3) is 0 Å². The molecule has 1 saturated heterocycles. The molecule has 210 valence electrons. The largest absolute Gasteiger partial charge is 0.457 e. The molecule has 3 N–H and O–H groups in total. The highest BCUT2D eigenvalue weighted by atomic mass is 19.4. The van der Waals surface area contributed by atoms with Crippen LogP contribution >= 0.6 is 0 Å². The number of carbonyl (C=O) groups excluding carboxylic acids is 1. The minimum Gasteiger partial charge on any atom is -0.457 e. The number of nitrogens with zero attached hydrogens (tertiary/aromatic N) is 4. The van der Waals surface area contributed by atoms with Gasteiger partial charge in [0.05, 0.1) is 35.4 Å². The van der Waals surface area contributed by atoms with Crippen LogP contribution in [-0.2, 0) is 18.0 Å². The summed E-state index contributed by atoms with van der Waals surface area (Å²) >= 11 is 0. The molecule has 40 heavy (non-hydrogen) atoms. The standard InChI is InChI=1S/C27H26F4N6O3/c1-36-23-7-5-18(12-22(23)34-26(36)33-21-11-16(27(29,30)31)4-6-20(21)28)40-19-8-9-32-24(13-19)35-25(39)14-37-10-2-3-17(37)15-38/h4-9,11-13,17,38H,2-3,10,14-15H2,1H3,(H,33,34)(H,32,35,39)/t17-/m0/s1. The number of imidazole rings is 1. The lowest BCUT2D eigenvalue weighted by molar-refractivity contribution is -0.137. The molecule has 0 spiro atoms. The second-order valence-electron chi connectivity index (χ2n) is 9.44. The number of hydrogen-bond donors (Lipinski definition) is 3. The molecule has 4 aromatic rings. The van der Waals surface area contributed by atoms with Crippen molar-refractivity contribution < 1.29 is 32.2 Å². The van der Waals surface area contributed by atoms with E-state index in [-0.39, 0.29) is 36.7 Å². The van der Waals surface area contributed by atoms with E-state index in [9.17, 15) is 27.5 Å². The van der Waals surface area contributed by atoms with Crippen LogP contribution in [0.1, 0.15) is 18.4 Å². The highest BCUT2D eigenvalue weighted by Crippen LogP contribution is 2.34. The smallest absolute Gasteiger partial charge is 0.416 e. The highest BCUT2D eigenvalue weighted by molar-refractivity contribution is 5.91. The number of hydrogen-bond acceptors (Lipinski definition) is 7. The third-order valence-corrected chi connectivity index (χ3v) is 6.68. The molecule has 0 saturated carbocycles. The first-order valence-corrected chi connectivity index (χ1v) is 12.5. The van der Waals surface area contributed by atoms with Crippen LogP contribution in [0.25, 0.3) is 11.0 Å². The zero-order chi connectivity index (χ0) is 28.4. The third-order valence-electron chi connectivity index (χ3n) is 6.68. The lowest BCUT2D eigenvalue weighted by Gasteiger charge is -2.21. The summed E-state index contributed by atoms with van der Waals surface area (Å²) in [5.41, 5.74) is -0.244. The zero-order valence-electron chi connectivity index (χ0n) is 21.4. The Morgan fingerprint density at radius 1 is 1.15 bits per heavy atom. The van der Waals surface area contributed by atoms with E-state index < -0.39 is 17.6 Å². The van der Waals surface area contributed by atoms with E-state index >= 15 is 0 Å². The maximum atomic E-state index is 14.3. The predicted molar refractivity (Wildman–Crippen MR) is 140 cm³/mol. The summed E-state index contributed by atoms with van der Waals surface area (Å²) in [5, 5.41) is 14.8. The molecule has 9 nitrogen and oxygen atoms in total. The number of aliphatic hydroxyl groups excluding tert-OH is 1. The van der Waals surface area contributed by atoms with Crippen molar-refractivity contribution >= 4 is 34.4 Å². The Balaban J connectivity index is 1.29. The number of benzene rings is 2. The Hall–Kier alpha value is -4.23. The number of aromatic nitrogens is 3. The van der Waals surface area contributed by atoms with Crippen LogP contribution in [0.15, 0.2) is 54.7 Å². The first-order chi connectivity index (χ1) is 19.1. The van der Waals surface area contributed by atoms with Crippen molar-refractivity contribution in [3.05, 3.63) is 66.1 Å². The van der Waals surface area contributed by atoms with Crippen LogP contribution in [0, 0.1) is 5.82 Å². The number of alkyl halides is 3. The molecular weight excluding hydrogens is 532 g/mol. The van der Waals surface area contributed by atoms with Gasteiger partial charge < -0.3 is 25.0 Å². The number of fused-ring (bicyclic) bond motifs is 1. The SMILES string of the molecule is Cn1c(Nc2cc(C(F)(F)F)ccc2F)nc2cc(Oc3ccnc(NC(=O)CN4CCC[C@H]4CO)c3)ccc21. The average molecular weight is 559 g/mol. The second kappa shape index (κ2) is 11.1. The molecule has 1 fully saturated rings. The van der Waals surface area contributed by atoms with Gasteiger partial charge in [-0.05, 0) is 55.8 Å². The normalized spacial score (nSPS) is 15.9. The molecule has 13 heteroatoms. The number of pyridine rings is 1. The summed E-state index contributed by atoms with van der Waals surface area (Å²) in [7, 11) is 1.65. The monoisotopic (exact) mass is 558 g/mol. The number of anilines is 3. The fourth-order valence-electron chi connectivity index (χ4n) is 4.63. The molecule has 2 aromatic carbocycles. The van der Waals surface area contributed by atoms with Gasteiger partial charge in [-0.3, -0.25) is 9.69 Å². The maximum Gasteiger partial charge on any atom is 0.416 e. The van der Waals surface area contributed by atoms with E-state index in [1.807, 2.05) is 4.90 Å². The number of rotatable bonds is 8. The average Bonchev–Trinajstić information content (AvgIpc) is 3.48. The Labute approximate surface area is 226 Å². The molecule has 0 bridgehead atoms. The molecule has 2 aromatic heterocycles. The van der Waals surface area contributed by atoms with E-state index in [2.05, 4.69) is 20.6 Å². The van der Waals surface area contributed by atoms with Crippen LogP contribution in [0.2, 0.25) is 0 Å². The predicted octanol–water partition coefficient (Wildman–Crippen LogP) is 5.06. The van der Waals surface area contributed by atoms with E-state index in [0.29, 0.717) is 40.5 Å². The zero-order valence-corrected chi connectivity index (χ0v) is 21.4. The number of ether oxygens (including phenoxy) is 1. The minimum absolute atomic E-state index is 0.00909. The molecule has 1 aliphatic rings. The van der Waals surface area contributed by atoms with Gasteiger partial charge in [-0.25, -0.2) is 14.4 Å². The Morgan fingerprint density at radius 3 is 2.73 bits per heavy atom. The van der Waals surface area contributed by atoms with Crippen molar-refractivity contribution in [1.82, 2.24) is 19.4 Å². The number of aliphatic hydroxyl groups is 1. The molecule has 0 unspecified atom stereocenters. The van der Waals surface area contributed by atoms with Crippen LogP contribution in [-0.4, -0.2) is 56.2 Å². The van der Waals surface area contributed by atoms with Crippen LogP contribution < -0.4 is 15.4 Å². The summed E-state index contributed by atoms with van der Waals surface area (Å²) in [6.45, 7) is 0.904. The van der Waals surface area contributed by atoms with Gasteiger partial charge in [0.15, 0.2) is 0 Å². The van der Waals surface area contributed by atoms with Crippen molar-refractivity contribution in [3.63, 3.8) is 0 Å². The summed E-state index contributed by atoms with van der Waals surface area (Å²) in [5.74, 6) is 0.153. The van der Waals surface area contributed by atoms with E-state index in [0.717, 1.165) is 25.5 Å². The van der Waals surface area contributed by atoms with Gasteiger partial charge in [-0.2, -0.15) is 13.2 Å². The fraction of sp³-hybridized carbons (Fsp3) is 0.296. The number of carbonyl (C=O) groups is 1. The van der Waals surface area contributed by atoms with Crippen molar-refractivity contribution in [2.75, 3.05) is 30.3 Å². The Morgan fingerprint density at radius 2 is 1.95 bits per heavy atom. The number of aryl methyl sites for hydroxylation is 1. The summed E-state index contributed by atoms with van der Waals surface area (Å²) in [6, 6.07) is 10.3. The van der Waals surface area contributed by atoms with Crippen molar-refractivity contribution in [2.45, 2.75) is 25.1 Å². The van der Waals surface area contributed by atoms with Gasteiger partial charge >= 0.3 is 6.18 Å². The lowest BCUT2D eigenvalue weighted by Crippen LogP contribution is -2.38. The quantitative estimate of drug-likeness (QED) is 0.260. The summed E-state index contributed by atoms with van der Waals surface area (Å²) in [4.78, 5) is 23.0. The van der Waals surface area contributed by atoms with Gasteiger partial charge in [-0.15, -0.1) is 0 Å². The third kappa shape index (κ3) is 6.00. The van der Waals surface area contributed by atoms with Gasteiger partial charge in [-0.1, -0.05) is 0 Å². The van der Waals surface area contributed by atoms with Crippen LogP contribution in [0.5, 0.6) is 11.5 Å².